The number of nitrogens with zero attached hydrogens (tertiary/aromatic N) is 1. The maximum atomic E-state index is 11.9. The van der Waals surface area contributed by atoms with Gasteiger partial charge in [0.1, 0.15) is 12.2 Å². The predicted molar refractivity (Wildman–Crippen MR) is 82.5 cm³/mol. The zero-order valence-corrected chi connectivity index (χ0v) is 13.4. The van der Waals surface area contributed by atoms with Gasteiger partial charge in [-0.1, -0.05) is 13.8 Å². The molecule has 0 saturated heterocycles. The van der Waals surface area contributed by atoms with E-state index in [1.165, 1.54) is 0 Å². The number of ether oxygens (including phenoxy) is 2. The van der Waals surface area contributed by atoms with E-state index < -0.39 is 12.2 Å². The van der Waals surface area contributed by atoms with Crippen LogP contribution < -0.4 is 0 Å². The van der Waals surface area contributed by atoms with Crippen LogP contribution >= 0.6 is 0 Å². The Bertz CT molecular complexity index is 388. The summed E-state index contributed by atoms with van der Waals surface area (Å²) in [7, 11) is 0. The van der Waals surface area contributed by atoms with Gasteiger partial charge in [0.05, 0.1) is 18.8 Å². The van der Waals surface area contributed by atoms with Crippen LogP contribution in [0.4, 0.5) is 0 Å². The van der Waals surface area contributed by atoms with Crippen molar-refractivity contribution in [2.75, 3.05) is 6.61 Å². The molecule has 5 heteroatoms. The number of aliphatic hydroxyl groups is 1. The zero-order valence-electron chi connectivity index (χ0n) is 13.4. The second kappa shape index (κ2) is 8.95. The van der Waals surface area contributed by atoms with Crippen LogP contribution in [0.2, 0.25) is 0 Å². The minimum absolute atomic E-state index is 0.0636. The lowest BCUT2D eigenvalue weighted by Crippen LogP contribution is -2.43. The number of rotatable bonds is 7. The number of aliphatic hydroxyl groups excluding tert-OH is 1. The van der Waals surface area contributed by atoms with Crippen molar-refractivity contribution in [2.24, 2.45) is 4.99 Å². The highest BCUT2D eigenvalue weighted by Crippen LogP contribution is 2.26. The molecular weight excluding hydrogens is 270 g/mol. The van der Waals surface area contributed by atoms with Gasteiger partial charge in [0.2, 0.25) is 0 Å². The lowest BCUT2D eigenvalue weighted by Gasteiger charge is -2.33. The van der Waals surface area contributed by atoms with E-state index in [1.54, 1.807) is 26.1 Å². The van der Waals surface area contributed by atoms with Crippen molar-refractivity contribution < 1.29 is 19.4 Å². The Kier molecular flexibility index (Phi) is 7.61. The van der Waals surface area contributed by atoms with Crippen molar-refractivity contribution in [3.8, 4) is 0 Å². The fourth-order valence-electron chi connectivity index (χ4n) is 2.46. The van der Waals surface area contributed by atoms with Gasteiger partial charge in [-0.3, -0.25) is 4.99 Å². The molecule has 5 nitrogen and oxygen atoms in total. The van der Waals surface area contributed by atoms with Crippen molar-refractivity contribution in [1.82, 2.24) is 0 Å². The van der Waals surface area contributed by atoms with Crippen LogP contribution in [-0.4, -0.2) is 48.3 Å². The first-order valence-corrected chi connectivity index (χ1v) is 7.76. The van der Waals surface area contributed by atoms with E-state index >= 15 is 0 Å². The summed E-state index contributed by atoms with van der Waals surface area (Å²) < 4.78 is 11.0. The van der Waals surface area contributed by atoms with Crippen LogP contribution in [0.1, 0.15) is 47.0 Å². The van der Waals surface area contributed by atoms with Gasteiger partial charge < -0.3 is 14.6 Å². The highest BCUT2D eigenvalue weighted by atomic mass is 16.5. The molecule has 21 heavy (non-hydrogen) atoms. The second-order valence-corrected chi connectivity index (χ2v) is 5.12. The Morgan fingerprint density at radius 1 is 1.48 bits per heavy atom. The van der Waals surface area contributed by atoms with Crippen LogP contribution in [0.5, 0.6) is 0 Å². The van der Waals surface area contributed by atoms with Crippen LogP contribution in [0.15, 0.2) is 16.6 Å². The molecule has 120 valence electrons. The Balaban J connectivity index is 2.94. The highest BCUT2D eigenvalue weighted by molar-refractivity contribution is 5.89. The van der Waals surface area contributed by atoms with Gasteiger partial charge in [-0.05, 0) is 39.0 Å². The van der Waals surface area contributed by atoms with Crippen molar-refractivity contribution in [3.05, 3.63) is 11.6 Å². The second-order valence-electron chi connectivity index (χ2n) is 5.12. The van der Waals surface area contributed by atoms with E-state index in [-0.39, 0.29) is 18.1 Å². The van der Waals surface area contributed by atoms with Gasteiger partial charge in [0, 0.05) is 12.0 Å². The number of carbonyl (C=O) groups is 1. The van der Waals surface area contributed by atoms with E-state index in [0.29, 0.717) is 18.6 Å². The quantitative estimate of drug-likeness (QED) is 0.578. The standard InChI is InChI=1S/C16H27NO4/c1-5-12(6-2)21-14-10-11(16(19)20-8-4)9-13(15(14)18)17-7-3/h7,10,12-15,18H,5-6,8-9H2,1-4H3/t13-,14-,15+/m1/s1. The van der Waals surface area contributed by atoms with Gasteiger partial charge in [-0.15, -0.1) is 0 Å². The van der Waals surface area contributed by atoms with Gasteiger partial charge in [-0.2, -0.15) is 0 Å². The summed E-state index contributed by atoms with van der Waals surface area (Å²) in [5.41, 5.74) is 0.536. The lowest BCUT2D eigenvalue weighted by atomic mass is 9.90. The maximum Gasteiger partial charge on any atom is 0.333 e. The number of carbonyl (C=O) groups excluding carboxylic acids is 1. The van der Waals surface area contributed by atoms with E-state index in [0.717, 1.165) is 12.8 Å². The first-order chi connectivity index (χ1) is 10.1. The van der Waals surface area contributed by atoms with E-state index in [2.05, 4.69) is 4.99 Å². The topological polar surface area (TPSA) is 68.1 Å². The first kappa shape index (κ1) is 17.9. The Morgan fingerprint density at radius 2 is 2.14 bits per heavy atom. The van der Waals surface area contributed by atoms with Crippen molar-refractivity contribution in [2.45, 2.75) is 71.3 Å². The molecule has 0 radical (unpaired) electrons. The molecule has 0 aromatic heterocycles. The molecule has 3 atom stereocenters. The third-order valence-electron chi connectivity index (χ3n) is 3.66. The first-order valence-electron chi connectivity index (χ1n) is 7.76. The molecule has 0 aliphatic heterocycles. The van der Waals surface area contributed by atoms with E-state index in [1.807, 2.05) is 13.8 Å². The smallest absolute Gasteiger partial charge is 0.333 e. The van der Waals surface area contributed by atoms with Crippen molar-refractivity contribution in [3.63, 3.8) is 0 Å². The van der Waals surface area contributed by atoms with Gasteiger partial charge in [-0.25, -0.2) is 4.79 Å². The molecule has 1 N–H and O–H groups in total. The summed E-state index contributed by atoms with van der Waals surface area (Å²) >= 11 is 0. The molecule has 0 fully saturated rings. The van der Waals surface area contributed by atoms with Crippen LogP contribution in [0.3, 0.4) is 0 Å². The van der Waals surface area contributed by atoms with Gasteiger partial charge in [0.15, 0.2) is 0 Å². The molecular formula is C16H27NO4. The number of aliphatic imine (C=N–C) groups is 1. The minimum Gasteiger partial charge on any atom is -0.463 e. The van der Waals surface area contributed by atoms with E-state index in [4.69, 9.17) is 9.47 Å². The highest BCUT2D eigenvalue weighted by Gasteiger charge is 2.35. The molecule has 0 aromatic carbocycles. The Labute approximate surface area is 127 Å². The number of hydrogen-bond acceptors (Lipinski definition) is 5. The summed E-state index contributed by atoms with van der Waals surface area (Å²) in [4.78, 5) is 16.2. The molecule has 0 aromatic rings. The minimum atomic E-state index is -0.736. The monoisotopic (exact) mass is 297 g/mol. The SMILES string of the molecule is CC=N[C@@H]1CC(C(=O)OCC)=C[C@@H](OC(CC)CC)[C@H]1O. The van der Waals surface area contributed by atoms with Crippen molar-refractivity contribution in [1.29, 1.82) is 0 Å². The third-order valence-corrected chi connectivity index (χ3v) is 3.66. The summed E-state index contributed by atoms with van der Waals surface area (Å²) in [6.45, 7) is 7.99. The molecule has 0 unspecified atom stereocenters. The molecule has 1 aliphatic rings. The zero-order chi connectivity index (χ0) is 15.8. The summed E-state index contributed by atoms with van der Waals surface area (Å²) in [5.74, 6) is -0.348. The molecule has 0 saturated carbocycles. The molecule has 0 heterocycles. The molecule has 1 rings (SSSR count). The number of hydrogen-bond donors (Lipinski definition) is 1. The Hall–Kier alpha value is -1.20. The largest absolute Gasteiger partial charge is 0.463 e. The van der Waals surface area contributed by atoms with Crippen LogP contribution in [-0.2, 0) is 14.3 Å². The molecule has 0 bridgehead atoms. The fraction of sp³-hybridized carbons (Fsp3) is 0.750. The van der Waals surface area contributed by atoms with Gasteiger partial charge >= 0.3 is 5.97 Å². The molecule has 1 aliphatic carbocycles. The lowest BCUT2D eigenvalue weighted by molar-refractivity contribution is -0.139. The molecule has 0 amide bonds. The fourth-order valence-corrected chi connectivity index (χ4v) is 2.46. The van der Waals surface area contributed by atoms with Crippen LogP contribution in [0.25, 0.3) is 0 Å². The normalized spacial score (nSPS) is 26.2. The summed E-state index contributed by atoms with van der Waals surface area (Å²) in [6, 6.07) is -0.362. The van der Waals surface area contributed by atoms with Crippen LogP contribution in [0, 0.1) is 0 Å². The Morgan fingerprint density at radius 3 is 2.67 bits per heavy atom. The summed E-state index contributed by atoms with van der Waals surface area (Å²) in [5, 5.41) is 10.4. The predicted octanol–water partition coefficient (Wildman–Crippen LogP) is 2.27. The maximum absolute atomic E-state index is 11.9. The molecule has 0 spiro atoms. The number of esters is 1. The summed E-state index contributed by atoms with van der Waals surface area (Å²) in [6.07, 6.45) is 4.27. The van der Waals surface area contributed by atoms with Gasteiger partial charge in [0.25, 0.3) is 0 Å². The average Bonchev–Trinajstić information content (AvgIpc) is 2.48. The average molecular weight is 297 g/mol. The van der Waals surface area contributed by atoms with E-state index in [9.17, 15) is 9.90 Å². The van der Waals surface area contributed by atoms with Crippen molar-refractivity contribution >= 4 is 12.2 Å². The third kappa shape index (κ3) is 4.93.